The summed E-state index contributed by atoms with van der Waals surface area (Å²) >= 11 is 0. The molecule has 2 aromatic carbocycles. The first-order valence-electron chi connectivity index (χ1n) is 11.4. The van der Waals surface area contributed by atoms with Gasteiger partial charge in [-0.2, -0.15) is 0 Å². The lowest BCUT2D eigenvalue weighted by Gasteiger charge is -2.17. The molecule has 1 aliphatic rings. The Morgan fingerprint density at radius 1 is 1.06 bits per heavy atom. The summed E-state index contributed by atoms with van der Waals surface area (Å²) in [6.07, 6.45) is 7.66. The van der Waals surface area contributed by atoms with E-state index in [9.17, 15) is 14.4 Å². The predicted molar refractivity (Wildman–Crippen MR) is 131 cm³/mol. The van der Waals surface area contributed by atoms with Crippen molar-refractivity contribution >= 4 is 16.8 Å². The van der Waals surface area contributed by atoms with E-state index >= 15 is 0 Å². The zero-order valence-electron chi connectivity index (χ0n) is 19.5. The predicted octanol–water partition coefficient (Wildman–Crippen LogP) is 3.18. The second-order valence-corrected chi connectivity index (χ2v) is 8.27. The number of amides is 1. The van der Waals surface area contributed by atoms with Crippen LogP contribution in [0.5, 0.6) is 11.5 Å². The number of methoxy groups -OCH3 is 2. The largest absolute Gasteiger partial charge is 0.497 e. The Kier molecular flexibility index (Phi) is 7.15. The summed E-state index contributed by atoms with van der Waals surface area (Å²) < 4.78 is 13.0. The number of para-hydroxylation sites is 1. The molecular formula is C26H29N3O5. The number of aromatic nitrogens is 2. The van der Waals surface area contributed by atoms with Gasteiger partial charge >= 0.3 is 5.69 Å². The minimum Gasteiger partial charge on any atom is -0.497 e. The van der Waals surface area contributed by atoms with Gasteiger partial charge in [-0.05, 0) is 56.4 Å². The van der Waals surface area contributed by atoms with Gasteiger partial charge in [0.1, 0.15) is 18.0 Å². The Hall–Kier alpha value is -3.81. The van der Waals surface area contributed by atoms with E-state index in [2.05, 4.69) is 11.4 Å². The van der Waals surface area contributed by atoms with Crippen LogP contribution in [0.3, 0.4) is 0 Å². The van der Waals surface area contributed by atoms with E-state index in [1.165, 1.54) is 37.2 Å². The van der Waals surface area contributed by atoms with Crippen LogP contribution in [-0.4, -0.2) is 35.8 Å². The second-order valence-electron chi connectivity index (χ2n) is 8.27. The van der Waals surface area contributed by atoms with E-state index in [1.807, 2.05) is 0 Å². The van der Waals surface area contributed by atoms with Crippen LogP contribution in [0.2, 0.25) is 0 Å². The molecule has 34 heavy (non-hydrogen) atoms. The van der Waals surface area contributed by atoms with E-state index in [4.69, 9.17) is 9.47 Å². The van der Waals surface area contributed by atoms with E-state index in [1.54, 1.807) is 42.5 Å². The lowest BCUT2D eigenvalue weighted by molar-refractivity contribution is -0.121. The molecule has 0 spiro atoms. The maximum absolute atomic E-state index is 13.5. The molecule has 3 aromatic rings. The molecular weight excluding hydrogens is 434 g/mol. The quantitative estimate of drug-likeness (QED) is 0.518. The number of benzene rings is 2. The molecule has 8 nitrogen and oxygen atoms in total. The van der Waals surface area contributed by atoms with Crippen LogP contribution in [-0.2, 0) is 11.3 Å². The van der Waals surface area contributed by atoms with Gasteiger partial charge in [-0.3, -0.25) is 14.2 Å². The van der Waals surface area contributed by atoms with Gasteiger partial charge < -0.3 is 14.8 Å². The van der Waals surface area contributed by atoms with Crippen molar-refractivity contribution in [3.05, 3.63) is 75.0 Å². The van der Waals surface area contributed by atoms with Crippen molar-refractivity contribution < 1.29 is 14.3 Å². The highest BCUT2D eigenvalue weighted by Gasteiger charge is 2.19. The van der Waals surface area contributed by atoms with Crippen LogP contribution in [0.15, 0.2) is 63.7 Å². The van der Waals surface area contributed by atoms with Gasteiger partial charge in [0.25, 0.3) is 5.56 Å². The summed E-state index contributed by atoms with van der Waals surface area (Å²) in [6.45, 7) is 0.320. The molecule has 178 valence electrons. The molecule has 1 N–H and O–H groups in total. The number of carbonyl (C=O) groups is 1. The topological polar surface area (TPSA) is 91.6 Å². The number of nitrogens with one attached hydrogen (secondary N) is 1. The zero-order chi connectivity index (χ0) is 24.1. The van der Waals surface area contributed by atoms with Gasteiger partial charge in [-0.25, -0.2) is 9.36 Å². The summed E-state index contributed by atoms with van der Waals surface area (Å²) in [6, 6.07) is 11.6. The maximum atomic E-state index is 13.5. The third-order valence-electron chi connectivity index (χ3n) is 6.13. The minimum absolute atomic E-state index is 0.197. The Balaban J connectivity index is 1.70. The number of allylic oxidation sites excluding steroid dienone is 1. The molecule has 8 heteroatoms. The molecule has 0 aliphatic heterocycles. The number of ether oxygens (including phenoxy) is 2. The van der Waals surface area contributed by atoms with Crippen molar-refractivity contribution in [1.82, 2.24) is 14.5 Å². The van der Waals surface area contributed by atoms with Gasteiger partial charge in [0, 0.05) is 12.6 Å². The first-order chi connectivity index (χ1) is 16.5. The van der Waals surface area contributed by atoms with E-state index in [-0.39, 0.29) is 18.1 Å². The first-order valence-corrected chi connectivity index (χ1v) is 11.4. The van der Waals surface area contributed by atoms with Crippen molar-refractivity contribution in [3.8, 4) is 17.2 Å². The molecule has 0 fully saturated rings. The Bertz CT molecular complexity index is 1350. The molecule has 0 radical (unpaired) electrons. The normalized spacial score (nSPS) is 13.4. The highest BCUT2D eigenvalue weighted by molar-refractivity contribution is 5.82. The fourth-order valence-corrected chi connectivity index (χ4v) is 4.35. The minimum atomic E-state index is -0.614. The van der Waals surface area contributed by atoms with Crippen LogP contribution in [0.4, 0.5) is 0 Å². The number of nitrogens with zero attached hydrogens (tertiary/aromatic N) is 2. The number of carbonyl (C=O) groups excluding carboxylic acids is 1. The average molecular weight is 464 g/mol. The van der Waals surface area contributed by atoms with E-state index in [0.717, 1.165) is 23.8 Å². The molecule has 0 saturated heterocycles. The standard InChI is InChI=1S/C26H29N3O5/c1-33-19-12-13-22(23(16-19)34-2)29-25(31)20-10-6-7-11-21(20)28(26(29)32)17-24(30)27-15-14-18-8-4-3-5-9-18/h6-8,10-13,16H,3-5,9,14-15,17H2,1-2H3,(H,27,30). The third kappa shape index (κ3) is 4.76. The van der Waals surface area contributed by atoms with Crippen LogP contribution in [0.1, 0.15) is 32.1 Å². The summed E-state index contributed by atoms with van der Waals surface area (Å²) in [7, 11) is 2.98. The average Bonchev–Trinajstić information content (AvgIpc) is 2.87. The smallest absolute Gasteiger partial charge is 0.336 e. The van der Waals surface area contributed by atoms with Crippen molar-refractivity contribution in [2.75, 3.05) is 20.8 Å². The molecule has 0 unspecified atom stereocenters. The van der Waals surface area contributed by atoms with Crippen LogP contribution < -0.4 is 26.0 Å². The molecule has 0 saturated carbocycles. The molecule has 1 aromatic heterocycles. The monoisotopic (exact) mass is 463 g/mol. The summed E-state index contributed by atoms with van der Waals surface area (Å²) in [5.41, 5.74) is 0.963. The maximum Gasteiger partial charge on any atom is 0.336 e. The molecule has 0 bridgehead atoms. The van der Waals surface area contributed by atoms with E-state index < -0.39 is 11.2 Å². The third-order valence-corrected chi connectivity index (χ3v) is 6.13. The molecule has 0 atom stereocenters. The van der Waals surface area contributed by atoms with Gasteiger partial charge in [0.2, 0.25) is 5.91 Å². The van der Waals surface area contributed by atoms with Crippen molar-refractivity contribution in [1.29, 1.82) is 0 Å². The summed E-state index contributed by atoms with van der Waals surface area (Å²) in [4.78, 5) is 39.6. The fourth-order valence-electron chi connectivity index (χ4n) is 4.35. The summed E-state index contributed by atoms with van der Waals surface area (Å²) in [5.74, 6) is 0.559. The molecule has 4 rings (SSSR count). The van der Waals surface area contributed by atoms with Crippen LogP contribution >= 0.6 is 0 Å². The number of rotatable bonds is 8. The van der Waals surface area contributed by atoms with Crippen LogP contribution in [0.25, 0.3) is 16.6 Å². The number of hydrogen-bond donors (Lipinski definition) is 1. The zero-order valence-corrected chi connectivity index (χ0v) is 19.5. The van der Waals surface area contributed by atoms with Crippen molar-refractivity contribution in [2.45, 2.75) is 38.6 Å². The highest BCUT2D eigenvalue weighted by Crippen LogP contribution is 2.26. The lowest BCUT2D eigenvalue weighted by atomic mass is 9.97. The van der Waals surface area contributed by atoms with Crippen molar-refractivity contribution in [2.24, 2.45) is 0 Å². The van der Waals surface area contributed by atoms with Crippen molar-refractivity contribution in [3.63, 3.8) is 0 Å². The number of hydrogen-bond acceptors (Lipinski definition) is 5. The second kappa shape index (κ2) is 10.4. The Morgan fingerprint density at radius 2 is 1.88 bits per heavy atom. The van der Waals surface area contributed by atoms with Gasteiger partial charge in [0.15, 0.2) is 0 Å². The van der Waals surface area contributed by atoms with Gasteiger partial charge in [-0.1, -0.05) is 23.8 Å². The van der Waals surface area contributed by atoms with Gasteiger partial charge in [-0.15, -0.1) is 0 Å². The molecule has 1 aliphatic carbocycles. The molecule has 1 amide bonds. The highest BCUT2D eigenvalue weighted by atomic mass is 16.5. The van der Waals surface area contributed by atoms with Crippen LogP contribution in [0, 0.1) is 0 Å². The fraction of sp³-hybridized carbons (Fsp3) is 0.346. The SMILES string of the molecule is COc1ccc(-n2c(=O)c3ccccc3n(CC(=O)NCCC3=CCCCC3)c2=O)c(OC)c1. The number of fused-ring (bicyclic) bond motifs is 1. The Morgan fingerprint density at radius 3 is 2.62 bits per heavy atom. The molecule has 1 heterocycles. The van der Waals surface area contributed by atoms with Gasteiger partial charge in [0.05, 0.1) is 30.8 Å². The van der Waals surface area contributed by atoms with E-state index in [0.29, 0.717) is 28.9 Å². The summed E-state index contributed by atoms with van der Waals surface area (Å²) in [5, 5.41) is 3.25. The lowest BCUT2D eigenvalue weighted by Crippen LogP contribution is -2.42. The first kappa shape index (κ1) is 23.4. The Labute approximate surface area is 197 Å².